The second-order valence-electron chi connectivity index (χ2n) is 18.1. The molecular weight excluding hydrogens is 805 g/mol. The van der Waals surface area contributed by atoms with E-state index in [0.29, 0.717) is 19.3 Å². The third-order valence-electron chi connectivity index (χ3n) is 11.7. The first kappa shape index (κ1) is 61.9. The van der Waals surface area contributed by atoms with Crippen molar-refractivity contribution in [1.29, 1.82) is 0 Å². The molecule has 0 saturated carbocycles. The first-order valence-corrected chi connectivity index (χ1v) is 27.4. The maximum Gasteiger partial charge on any atom is 0.306 e. The van der Waals surface area contributed by atoms with Crippen LogP contribution < -0.4 is 0 Å². The Labute approximate surface area is 402 Å². The minimum Gasteiger partial charge on any atom is -0.462 e. The van der Waals surface area contributed by atoms with E-state index >= 15 is 0 Å². The van der Waals surface area contributed by atoms with Crippen LogP contribution in [0.15, 0.2) is 72.9 Å². The average Bonchev–Trinajstić information content (AvgIpc) is 3.30. The maximum absolute atomic E-state index is 12.8. The summed E-state index contributed by atoms with van der Waals surface area (Å²) < 4.78 is 16.8. The predicted molar refractivity (Wildman–Crippen MR) is 279 cm³/mol. The van der Waals surface area contributed by atoms with Gasteiger partial charge in [0.1, 0.15) is 13.2 Å². The Morgan fingerprint density at radius 3 is 0.923 bits per heavy atom. The molecule has 0 aliphatic rings. The molecule has 0 aromatic rings. The minimum atomic E-state index is -0.790. The summed E-state index contributed by atoms with van der Waals surface area (Å²) in [4.78, 5) is 38.0. The Kier molecular flexibility index (Phi) is 50.9. The van der Waals surface area contributed by atoms with E-state index < -0.39 is 6.10 Å². The van der Waals surface area contributed by atoms with E-state index in [1.54, 1.807) is 0 Å². The van der Waals surface area contributed by atoms with Crippen molar-refractivity contribution in [3.63, 3.8) is 0 Å². The Morgan fingerprint density at radius 2 is 0.569 bits per heavy atom. The highest BCUT2D eigenvalue weighted by Gasteiger charge is 2.19. The number of allylic oxidation sites excluding steroid dienone is 12. The third-order valence-corrected chi connectivity index (χ3v) is 11.7. The molecule has 65 heavy (non-hydrogen) atoms. The lowest BCUT2D eigenvalue weighted by Gasteiger charge is -2.18. The zero-order chi connectivity index (χ0) is 47.2. The van der Waals surface area contributed by atoms with Gasteiger partial charge in [-0.2, -0.15) is 0 Å². The van der Waals surface area contributed by atoms with Gasteiger partial charge in [0.25, 0.3) is 0 Å². The molecule has 0 rings (SSSR count). The number of carbonyl (C=O) groups is 3. The second kappa shape index (κ2) is 53.5. The average molecular weight is 907 g/mol. The molecule has 0 amide bonds. The second-order valence-corrected chi connectivity index (χ2v) is 18.1. The zero-order valence-electron chi connectivity index (χ0n) is 42.7. The van der Waals surface area contributed by atoms with E-state index in [-0.39, 0.29) is 31.1 Å². The Hall–Kier alpha value is -3.15. The van der Waals surface area contributed by atoms with Gasteiger partial charge in [-0.1, -0.05) is 209 Å². The smallest absolute Gasteiger partial charge is 0.306 e. The first-order valence-electron chi connectivity index (χ1n) is 27.4. The van der Waals surface area contributed by atoms with E-state index in [4.69, 9.17) is 14.2 Å². The summed E-state index contributed by atoms with van der Waals surface area (Å²) in [5, 5.41) is 0. The number of carbonyl (C=O) groups excluding carboxylic acids is 3. The molecule has 0 heterocycles. The molecule has 0 aliphatic carbocycles. The van der Waals surface area contributed by atoms with E-state index in [1.807, 2.05) is 0 Å². The van der Waals surface area contributed by atoms with Gasteiger partial charge < -0.3 is 14.2 Å². The maximum atomic E-state index is 12.8. The van der Waals surface area contributed by atoms with Crippen molar-refractivity contribution in [2.75, 3.05) is 13.2 Å². The summed E-state index contributed by atoms with van der Waals surface area (Å²) >= 11 is 0. The van der Waals surface area contributed by atoms with E-state index in [0.717, 1.165) is 96.3 Å². The molecule has 1 atom stereocenters. The van der Waals surface area contributed by atoms with E-state index in [2.05, 4.69) is 93.7 Å². The monoisotopic (exact) mass is 907 g/mol. The van der Waals surface area contributed by atoms with Crippen molar-refractivity contribution < 1.29 is 28.6 Å². The molecule has 0 saturated heterocycles. The van der Waals surface area contributed by atoms with Crippen molar-refractivity contribution in [2.24, 2.45) is 0 Å². The van der Waals surface area contributed by atoms with Crippen LogP contribution in [0.5, 0.6) is 0 Å². The molecule has 0 fully saturated rings. The lowest BCUT2D eigenvalue weighted by molar-refractivity contribution is -0.167. The Balaban J connectivity index is 4.39. The van der Waals surface area contributed by atoms with Gasteiger partial charge in [0, 0.05) is 19.3 Å². The molecule has 6 nitrogen and oxygen atoms in total. The molecule has 0 unspecified atom stereocenters. The van der Waals surface area contributed by atoms with Crippen LogP contribution in [0.1, 0.15) is 265 Å². The molecule has 0 spiro atoms. The summed E-state index contributed by atoms with van der Waals surface area (Å²) in [6, 6.07) is 0. The summed E-state index contributed by atoms with van der Waals surface area (Å²) in [6.45, 7) is 6.53. The number of hydrogen-bond donors (Lipinski definition) is 0. The van der Waals surface area contributed by atoms with Gasteiger partial charge in [-0.3, -0.25) is 14.4 Å². The summed E-state index contributed by atoms with van der Waals surface area (Å²) in [6.07, 6.45) is 67.4. The van der Waals surface area contributed by atoms with Crippen LogP contribution >= 0.6 is 0 Å². The van der Waals surface area contributed by atoms with Crippen LogP contribution in [-0.4, -0.2) is 37.2 Å². The fourth-order valence-electron chi connectivity index (χ4n) is 7.46. The molecule has 6 heteroatoms. The SMILES string of the molecule is CCCC/C=C\CCCCCCCC(=O)OC[C@@H](COC(=O)CCCCCC/C=C\C/C=C\C/C=C\CCCCC)OC(=O)CCCCCCCCCCC/C=C\C/C=C\CCCCC. The van der Waals surface area contributed by atoms with Gasteiger partial charge >= 0.3 is 17.9 Å². The van der Waals surface area contributed by atoms with Crippen molar-refractivity contribution >= 4 is 17.9 Å². The van der Waals surface area contributed by atoms with Crippen molar-refractivity contribution in [3.05, 3.63) is 72.9 Å². The van der Waals surface area contributed by atoms with Gasteiger partial charge in [-0.15, -0.1) is 0 Å². The van der Waals surface area contributed by atoms with Gasteiger partial charge in [0.05, 0.1) is 0 Å². The van der Waals surface area contributed by atoms with E-state index in [1.165, 1.54) is 128 Å². The molecule has 0 aliphatic heterocycles. The quantitative estimate of drug-likeness (QED) is 0.0262. The minimum absolute atomic E-state index is 0.0888. The number of hydrogen-bond acceptors (Lipinski definition) is 6. The highest BCUT2D eigenvalue weighted by Crippen LogP contribution is 2.14. The summed E-state index contributed by atoms with van der Waals surface area (Å²) in [5.74, 6) is -0.920. The zero-order valence-corrected chi connectivity index (χ0v) is 42.7. The van der Waals surface area contributed by atoms with Crippen molar-refractivity contribution in [1.82, 2.24) is 0 Å². The normalized spacial score (nSPS) is 12.6. The van der Waals surface area contributed by atoms with Crippen LogP contribution in [0.2, 0.25) is 0 Å². The molecule has 0 N–H and O–H groups in total. The topological polar surface area (TPSA) is 78.9 Å². The van der Waals surface area contributed by atoms with Crippen LogP contribution in [0.3, 0.4) is 0 Å². The standard InChI is InChI=1S/C59H102O6/c1-4-7-10-13-16-19-22-24-26-28-29-31-33-35-38-41-44-47-50-53-59(62)65-56(54-63-57(60)51-48-45-42-39-36-21-18-15-12-9-6-3)55-64-58(61)52-49-46-43-40-37-34-32-30-27-25-23-20-17-14-11-8-5-2/h15-20,24-27,32,34,56H,4-14,21-23,28-31,33,35-55H2,1-3H3/b18-15-,19-16-,20-17-,26-24-,27-25-,34-32-/t56-/m0/s1. The molecule has 0 radical (unpaired) electrons. The molecule has 374 valence electrons. The van der Waals surface area contributed by atoms with Crippen LogP contribution in [0.4, 0.5) is 0 Å². The lowest BCUT2D eigenvalue weighted by Crippen LogP contribution is -2.30. The highest BCUT2D eigenvalue weighted by molar-refractivity contribution is 5.71. The molecule has 0 bridgehead atoms. The Bertz CT molecular complexity index is 1230. The highest BCUT2D eigenvalue weighted by atomic mass is 16.6. The summed E-state index contributed by atoms with van der Waals surface area (Å²) in [5.41, 5.74) is 0. The molecule has 0 aromatic carbocycles. The van der Waals surface area contributed by atoms with Crippen LogP contribution in [-0.2, 0) is 28.6 Å². The lowest BCUT2D eigenvalue weighted by atomic mass is 10.1. The largest absolute Gasteiger partial charge is 0.462 e. The Morgan fingerprint density at radius 1 is 0.308 bits per heavy atom. The number of ether oxygens (including phenoxy) is 3. The molecule has 0 aromatic heterocycles. The third kappa shape index (κ3) is 51.7. The molecular formula is C59H102O6. The van der Waals surface area contributed by atoms with Gasteiger partial charge in [0.2, 0.25) is 0 Å². The van der Waals surface area contributed by atoms with Crippen LogP contribution in [0, 0.1) is 0 Å². The number of esters is 3. The number of rotatable bonds is 49. The fourth-order valence-corrected chi connectivity index (χ4v) is 7.46. The predicted octanol–water partition coefficient (Wildman–Crippen LogP) is 18.2. The van der Waals surface area contributed by atoms with Crippen molar-refractivity contribution in [2.45, 2.75) is 271 Å². The van der Waals surface area contributed by atoms with Gasteiger partial charge in [-0.25, -0.2) is 0 Å². The fraction of sp³-hybridized carbons (Fsp3) is 0.746. The van der Waals surface area contributed by atoms with Crippen LogP contribution in [0.25, 0.3) is 0 Å². The van der Waals surface area contributed by atoms with Gasteiger partial charge in [-0.05, 0) is 109 Å². The van der Waals surface area contributed by atoms with Gasteiger partial charge in [0.15, 0.2) is 6.10 Å². The number of unbranched alkanes of at least 4 members (excludes halogenated alkanes) is 26. The first-order chi connectivity index (χ1) is 32.0. The van der Waals surface area contributed by atoms with E-state index in [9.17, 15) is 14.4 Å². The van der Waals surface area contributed by atoms with Crippen molar-refractivity contribution in [3.8, 4) is 0 Å². The summed E-state index contributed by atoms with van der Waals surface area (Å²) in [7, 11) is 0.